The molecule has 1 fully saturated rings. The maximum atomic E-state index is 15.0. The fourth-order valence-corrected chi connectivity index (χ4v) is 6.50. The Morgan fingerprint density at radius 3 is 2.67 bits per heavy atom. The largest absolute Gasteiger partial charge is 0.490 e. The lowest BCUT2D eigenvalue weighted by molar-refractivity contribution is -0.153. The van der Waals surface area contributed by atoms with Gasteiger partial charge in [-0.15, -0.1) is 0 Å². The Hall–Kier alpha value is -1.97. The van der Waals surface area contributed by atoms with Crippen LogP contribution in [0.25, 0.3) is 0 Å². The van der Waals surface area contributed by atoms with Gasteiger partial charge in [0.05, 0.1) is 12.5 Å². The number of halogens is 1. The van der Waals surface area contributed by atoms with Gasteiger partial charge in [-0.25, -0.2) is 0 Å². The number of amides is 1. The van der Waals surface area contributed by atoms with Gasteiger partial charge in [-0.2, -0.15) is 0 Å². The van der Waals surface area contributed by atoms with Crippen molar-refractivity contribution in [1.82, 2.24) is 0 Å². The zero-order valence-corrected chi connectivity index (χ0v) is 19.1. The first kappa shape index (κ1) is 22.7. The lowest BCUT2D eigenvalue weighted by Gasteiger charge is -2.44. The van der Waals surface area contributed by atoms with Crippen molar-refractivity contribution in [3.8, 4) is 5.75 Å². The molecule has 166 valence electrons. The summed E-state index contributed by atoms with van der Waals surface area (Å²) in [6, 6.07) is 5.28. The normalized spacial score (nSPS) is 27.0. The van der Waals surface area contributed by atoms with Gasteiger partial charge in [0.1, 0.15) is 11.9 Å². The van der Waals surface area contributed by atoms with Gasteiger partial charge in [-0.05, 0) is 37.7 Å². The van der Waals surface area contributed by atoms with Crippen LogP contribution in [0.1, 0.15) is 38.4 Å². The predicted molar refractivity (Wildman–Crippen MR) is 111 cm³/mol. The van der Waals surface area contributed by atoms with Crippen LogP contribution in [0.5, 0.6) is 5.75 Å². The minimum Gasteiger partial charge on any atom is -0.490 e. The zero-order valence-electron chi connectivity index (χ0n) is 18.1. The second kappa shape index (κ2) is 8.64. The molecule has 0 aromatic heterocycles. The Labute approximate surface area is 177 Å². The number of benzene rings is 1. The Bertz CT molecular complexity index is 813. The molecule has 0 bridgehead atoms. The van der Waals surface area contributed by atoms with Crippen molar-refractivity contribution in [2.75, 3.05) is 18.6 Å². The van der Waals surface area contributed by atoms with E-state index < -0.39 is 26.7 Å². The Balaban J connectivity index is 1.93. The number of hydrogen-bond donors (Lipinski definition) is 1. The summed E-state index contributed by atoms with van der Waals surface area (Å²) in [5, 5.41) is 9.47. The third-order valence-electron chi connectivity index (χ3n) is 6.02. The van der Waals surface area contributed by atoms with E-state index in [-0.39, 0.29) is 36.5 Å². The molecule has 1 aromatic rings. The van der Waals surface area contributed by atoms with Gasteiger partial charge in [0.25, 0.3) is 0 Å². The van der Waals surface area contributed by atoms with Crippen molar-refractivity contribution in [3.05, 3.63) is 23.8 Å². The summed E-state index contributed by atoms with van der Waals surface area (Å²) < 4.78 is 32.2. The molecule has 0 spiro atoms. The van der Waals surface area contributed by atoms with E-state index >= 15 is 4.11 Å². The molecule has 2 unspecified atom stereocenters. The number of ether oxygens (including phenoxy) is 3. The molecule has 9 heteroatoms. The van der Waals surface area contributed by atoms with Crippen molar-refractivity contribution >= 4 is 26.0 Å². The summed E-state index contributed by atoms with van der Waals surface area (Å²) in [5.41, 5.74) is 0.981. The van der Waals surface area contributed by atoms with Crippen LogP contribution in [-0.2, 0) is 19.1 Å². The van der Waals surface area contributed by atoms with E-state index in [2.05, 4.69) is 0 Å². The fraction of sp³-hybridized carbons (Fsp3) is 0.619. The molecule has 1 aromatic carbocycles. The maximum Gasteiger partial charge on any atom is 0.304 e. The van der Waals surface area contributed by atoms with Crippen LogP contribution in [0.15, 0.2) is 18.2 Å². The molecule has 0 saturated carbocycles. The summed E-state index contributed by atoms with van der Waals surface area (Å²) in [4.78, 5) is 24.9. The number of carbonyl (C=O) groups is 2. The molecule has 0 aliphatic carbocycles. The van der Waals surface area contributed by atoms with Crippen molar-refractivity contribution in [1.29, 1.82) is 0 Å². The molecule has 5 atom stereocenters. The monoisotopic (exact) mass is 439 g/mol. The number of anilines is 1. The van der Waals surface area contributed by atoms with Crippen molar-refractivity contribution in [3.63, 3.8) is 0 Å². The number of hydrogen-bond acceptors (Lipinski definition) is 6. The number of aliphatic hydroxyl groups is 1. The highest BCUT2D eigenvalue weighted by molar-refractivity contribution is 6.72. The van der Waals surface area contributed by atoms with Gasteiger partial charge in [-0.1, -0.05) is 6.92 Å². The SMILES string of the molecule is CO[C@@H]1c2cc(N3C(=O)CC3OC(C)=O)ccc2O[C@H](C(CCO)[Si](C)(C)F)[C@H]1C. The summed E-state index contributed by atoms with van der Waals surface area (Å²) >= 11 is 0. The molecule has 1 saturated heterocycles. The van der Waals surface area contributed by atoms with Crippen LogP contribution in [0.2, 0.25) is 18.6 Å². The molecule has 30 heavy (non-hydrogen) atoms. The van der Waals surface area contributed by atoms with Crippen LogP contribution in [0, 0.1) is 5.92 Å². The van der Waals surface area contributed by atoms with Crippen LogP contribution < -0.4 is 9.64 Å². The molecule has 1 N–H and O–H groups in total. The summed E-state index contributed by atoms with van der Waals surface area (Å²) in [5.74, 6) is -0.163. The molecule has 2 aliphatic rings. The summed E-state index contributed by atoms with van der Waals surface area (Å²) in [7, 11) is -1.51. The molecule has 3 rings (SSSR count). The van der Waals surface area contributed by atoms with Crippen LogP contribution in [-0.4, -0.2) is 51.4 Å². The Kier molecular flexibility index (Phi) is 6.54. The van der Waals surface area contributed by atoms with E-state index in [0.29, 0.717) is 17.9 Å². The second-order valence-electron chi connectivity index (χ2n) is 8.54. The van der Waals surface area contributed by atoms with E-state index in [0.717, 1.165) is 5.56 Å². The van der Waals surface area contributed by atoms with Crippen LogP contribution in [0.3, 0.4) is 0 Å². The van der Waals surface area contributed by atoms with Gasteiger partial charge in [0.2, 0.25) is 14.3 Å². The zero-order chi connectivity index (χ0) is 22.2. The first-order valence-corrected chi connectivity index (χ1v) is 13.2. The molecular formula is C21H30FNO6Si. The highest BCUT2D eigenvalue weighted by Crippen LogP contribution is 2.48. The highest BCUT2D eigenvalue weighted by Gasteiger charge is 2.47. The number of nitrogens with zero attached hydrogens (tertiary/aromatic N) is 1. The van der Waals surface area contributed by atoms with Crippen molar-refractivity contribution < 1.29 is 33.0 Å². The standard InChI is InChI=1S/C21H30FNO6Si/c1-12-20(27-3)15-10-14(23-18(26)11-19(23)28-13(2)25)6-7-16(15)29-21(12)17(8-9-24)30(4,5)22/h6-7,10,12,17,19-21,24H,8-9,11H2,1-5H3/t12-,17?,19?,20-,21-/m0/s1. The number of aliphatic hydroxyl groups excluding tert-OH is 1. The fourth-order valence-electron chi connectivity index (χ4n) is 4.54. The van der Waals surface area contributed by atoms with Crippen molar-refractivity contribution in [2.24, 2.45) is 5.92 Å². The maximum absolute atomic E-state index is 15.0. The second-order valence-corrected chi connectivity index (χ2v) is 12.4. The van der Waals surface area contributed by atoms with E-state index in [4.69, 9.17) is 14.2 Å². The van der Waals surface area contributed by atoms with E-state index in [1.807, 2.05) is 13.0 Å². The minimum atomic E-state index is -3.10. The summed E-state index contributed by atoms with van der Waals surface area (Å²) in [6.45, 7) is 6.43. The topological polar surface area (TPSA) is 85.3 Å². The van der Waals surface area contributed by atoms with Crippen molar-refractivity contribution in [2.45, 2.75) is 63.8 Å². The number of esters is 1. The van der Waals surface area contributed by atoms with Gasteiger partial charge >= 0.3 is 5.97 Å². The van der Waals surface area contributed by atoms with Gasteiger partial charge in [-0.3, -0.25) is 14.5 Å². The van der Waals surface area contributed by atoms with E-state index in [1.54, 1.807) is 32.3 Å². The summed E-state index contributed by atoms with van der Waals surface area (Å²) in [6.07, 6.45) is -0.915. The smallest absolute Gasteiger partial charge is 0.304 e. The van der Waals surface area contributed by atoms with E-state index in [1.165, 1.54) is 11.8 Å². The first-order chi connectivity index (χ1) is 14.1. The third-order valence-corrected chi connectivity index (χ3v) is 8.40. The Morgan fingerprint density at radius 1 is 1.43 bits per heavy atom. The quantitative estimate of drug-likeness (QED) is 0.304. The molecule has 2 aliphatic heterocycles. The van der Waals surface area contributed by atoms with Crippen LogP contribution in [0.4, 0.5) is 9.80 Å². The average molecular weight is 440 g/mol. The molecule has 7 nitrogen and oxygen atoms in total. The highest BCUT2D eigenvalue weighted by atomic mass is 28.4. The predicted octanol–water partition coefficient (Wildman–Crippen LogP) is 3.32. The van der Waals surface area contributed by atoms with Gasteiger partial charge in [0.15, 0.2) is 6.23 Å². The first-order valence-electron chi connectivity index (χ1n) is 10.2. The number of methoxy groups -OCH3 is 1. The lowest BCUT2D eigenvalue weighted by atomic mass is 9.86. The number of rotatable bonds is 7. The van der Waals surface area contributed by atoms with Gasteiger partial charge in [0, 0.05) is 43.4 Å². The number of carbonyl (C=O) groups excluding carboxylic acids is 2. The average Bonchev–Trinajstić information content (AvgIpc) is 2.64. The van der Waals surface area contributed by atoms with E-state index in [9.17, 15) is 14.7 Å². The third kappa shape index (κ3) is 4.24. The molecule has 0 radical (unpaired) electrons. The van der Waals surface area contributed by atoms with Gasteiger partial charge < -0.3 is 23.4 Å². The molecule has 1 amide bonds. The number of β-lactam (4-membered cyclic amide) rings is 1. The molecule has 2 heterocycles. The Morgan fingerprint density at radius 2 is 2.13 bits per heavy atom. The number of fused-ring (bicyclic) bond motifs is 1. The minimum absolute atomic E-state index is 0.102. The lowest BCUT2D eigenvalue weighted by Crippen LogP contribution is -2.55. The molecular weight excluding hydrogens is 409 g/mol. The van der Waals surface area contributed by atoms with Crippen LogP contribution >= 0.6 is 0 Å².